The molecule has 0 unspecified atom stereocenters. The van der Waals surface area contributed by atoms with E-state index in [1.54, 1.807) is 6.92 Å². The van der Waals surface area contributed by atoms with Gasteiger partial charge >= 0.3 is 0 Å². The first kappa shape index (κ1) is 33.2. The number of hydrogen-bond acceptors (Lipinski definition) is 4. The number of nitrogens with zero attached hydrogens (tertiary/aromatic N) is 2. The topological polar surface area (TPSA) is 44.8 Å². The Morgan fingerprint density at radius 3 is 2.36 bits per heavy atom. The Kier molecular flexibility index (Phi) is 11.8. The van der Waals surface area contributed by atoms with Crippen LogP contribution in [-0.4, -0.2) is 54.5 Å². The fourth-order valence-corrected chi connectivity index (χ4v) is 7.05. The molecule has 0 radical (unpaired) electrons. The van der Waals surface area contributed by atoms with Gasteiger partial charge in [-0.3, -0.25) is 9.69 Å². The lowest BCUT2D eigenvalue weighted by molar-refractivity contribution is -0.119. The zero-order valence-electron chi connectivity index (χ0n) is 27.6. The monoisotopic (exact) mass is 627 g/mol. The summed E-state index contributed by atoms with van der Waals surface area (Å²) < 4.78 is 6.33. The zero-order valence-corrected chi connectivity index (χ0v) is 28.4. The first-order valence-electron chi connectivity index (χ1n) is 16.8. The third kappa shape index (κ3) is 9.00. The molecule has 0 aliphatic carbocycles. The van der Waals surface area contributed by atoms with Crippen molar-refractivity contribution in [1.82, 2.24) is 15.1 Å². The van der Waals surface area contributed by atoms with Crippen LogP contribution in [0.5, 0.6) is 5.75 Å². The number of halogens is 1. The van der Waals surface area contributed by atoms with Gasteiger partial charge in [0.15, 0.2) is 0 Å². The van der Waals surface area contributed by atoms with Crippen molar-refractivity contribution in [3.8, 4) is 16.9 Å². The van der Waals surface area contributed by atoms with Gasteiger partial charge in [0.1, 0.15) is 12.4 Å². The summed E-state index contributed by atoms with van der Waals surface area (Å²) in [4.78, 5) is 16.4. The molecular formula is C39H50ClN3O2. The largest absolute Gasteiger partial charge is 0.487 e. The second-order valence-electron chi connectivity index (χ2n) is 13.0. The standard InChI is InChI=1S/C39H50ClN3O2/c1-28-24-39(38(40)25-34(28)26-43-20-7-5-8-21-43)45-27-33-14-11-16-37(30(33)3)36-15-10-13-32(29(36)2)12-6-9-19-42-22-17-35(18-23-42)41-31(4)44/h6,10-16,24-25,35H,5,7-9,17-23,26-27H2,1-4H3,(H,41,44)/b12-6+. The van der Waals surface area contributed by atoms with Crippen LogP contribution in [0.2, 0.25) is 5.02 Å². The van der Waals surface area contributed by atoms with E-state index in [1.165, 1.54) is 76.9 Å². The maximum Gasteiger partial charge on any atom is 0.217 e. The number of piperidine rings is 2. The molecule has 5 rings (SSSR count). The molecule has 2 saturated heterocycles. The highest BCUT2D eigenvalue weighted by molar-refractivity contribution is 6.32. The molecule has 1 amide bonds. The second-order valence-corrected chi connectivity index (χ2v) is 13.4. The molecule has 5 nitrogen and oxygen atoms in total. The third-order valence-electron chi connectivity index (χ3n) is 9.63. The van der Waals surface area contributed by atoms with E-state index >= 15 is 0 Å². The molecular weight excluding hydrogens is 578 g/mol. The summed E-state index contributed by atoms with van der Waals surface area (Å²) in [5.74, 6) is 0.829. The number of nitrogens with one attached hydrogen (secondary N) is 1. The van der Waals surface area contributed by atoms with Crippen molar-refractivity contribution in [2.24, 2.45) is 0 Å². The van der Waals surface area contributed by atoms with E-state index in [9.17, 15) is 4.79 Å². The summed E-state index contributed by atoms with van der Waals surface area (Å²) in [5, 5.41) is 3.75. The lowest BCUT2D eigenvalue weighted by Gasteiger charge is -2.31. The SMILES string of the molecule is CC(=O)NC1CCN(CC/C=C/c2cccc(-c3cccc(COc4cc(C)c(CN5CCCCC5)cc4Cl)c3C)c2C)CC1. The van der Waals surface area contributed by atoms with E-state index in [0.29, 0.717) is 17.7 Å². The first-order valence-corrected chi connectivity index (χ1v) is 17.1. The van der Waals surface area contributed by atoms with Crippen LogP contribution in [0.25, 0.3) is 17.2 Å². The van der Waals surface area contributed by atoms with Gasteiger partial charge in [-0.05, 0) is 123 Å². The van der Waals surface area contributed by atoms with Crippen molar-refractivity contribution in [3.05, 3.63) is 93.0 Å². The van der Waals surface area contributed by atoms with Crippen LogP contribution in [0.4, 0.5) is 0 Å². The molecule has 2 fully saturated rings. The van der Waals surface area contributed by atoms with Crippen LogP contribution >= 0.6 is 11.6 Å². The zero-order chi connectivity index (χ0) is 31.8. The fraction of sp³-hybridized carbons (Fsp3) is 0.462. The molecule has 2 heterocycles. The van der Waals surface area contributed by atoms with Gasteiger partial charge < -0.3 is 15.0 Å². The van der Waals surface area contributed by atoms with Crippen LogP contribution in [0.1, 0.15) is 78.8 Å². The number of hydrogen-bond donors (Lipinski definition) is 1. The predicted molar refractivity (Wildman–Crippen MR) is 188 cm³/mol. The van der Waals surface area contributed by atoms with Crippen LogP contribution in [-0.2, 0) is 17.9 Å². The van der Waals surface area contributed by atoms with E-state index < -0.39 is 0 Å². The molecule has 1 N–H and O–H groups in total. The van der Waals surface area contributed by atoms with E-state index in [1.807, 2.05) is 0 Å². The van der Waals surface area contributed by atoms with E-state index in [4.69, 9.17) is 16.3 Å². The van der Waals surface area contributed by atoms with Crippen LogP contribution < -0.4 is 10.1 Å². The van der Waals surface area contributed by atoms with Crippen molar-refractivity contribution >= 4 is 23.6 Å². The maximum absolute atomic E-state index is 11.3. The summed E-state index contributed by atoms with van der Waals surface area (Å²) in [6, 6.07) is 17.6. The Morgan fingerprint density at radius 2 is 1.62 bits per heavy atom. The fourth-order valence-electron chi connectivity index (χ4n) is 6.80. The van der Waals surface area contributed by atoms with Crippen LogP contribution in [0.15, 0.2) is 54.6 Å². The van der Waals surface area contributed by atoms with Gasteiger partial charge in [-0.2, -0.15) is 0 Å². The van der Waals surface area contributed by atoms with Crippen LogP contribution in [0.3, 0.4) is 0 Å². The summed E-state index contributed by atoms with van der Waals surface area (Å²) in [6.45, 7) is 15.1. The number of carbonyl (C=O) groups is 1. The maximum atomic E-state index is 11.3. The van der Waals surface area contributed by atoms with Gasteiger partial charge in [0.05, 0.1) is 5.02 Å². The highest BCUT2D eigenvalue weighted by atomic mass is 35.5. The lowest BCUT2D eigenvalue weighted by atomic mass is 9.91. The molecule has 6 heteroatoms. The second kappa shape index (κ2) is 15.9. The third-order valence-corrected chi connectivity index (χ3v) is 9.93. The highest BCUT2D eigenvalue weighted by Crippen LogP contribution is 2.33. The number of benzene rings is 3. The van der Waals surface area contributed by atoms with Crippen molar-refractivity contribution in [1.29, 1.82) is 0 Å². The molecule has 0 saturated carbocycles. The smallest absolute Gasteiger partial charge is 0.217 e. The Morgan fingerprint density at radius 1 is 0.911 bits per heavy atom. The molecule has 3 aromatic carbocycles. The number of likely N-dealkylation sites (tertiary alicyclic amines) is 2. The summed E-state index contributed by atoms with van der Waals surface area (Å²) >= 11 is 6.74. The Labute approximate surface area is 275 Å². The Hall–Kier alpha value is -3.12. The van der Waals surface area contributed by atoms with Crippen molar-refractivity contribution in [2.45, 2.75) is 85.4 Å². The molecule has 0 atom stereocenters. The number of ether oxygens (including phenoxy) is 1. The molecule has 0 spiro atoms. The van der Waals surface area contributed by atoms with Gasteiger partial charge in [-0.15, -0.1) is 0 Å². The normalized spacial score (nSPS) is 16.7. The molecule has 240 valence electrons. The van der Waals surface area contributed by atoms with Crippen molar-refractivity contribution < 1.29 is 9.53 Å². The number of aryl methyl sites for hydroxylation is 1. The number of rotatable bonds is 11. The minimum atomic E-state index is 0.0771. The predicted octanol–water partition coefficient (Wildman–Crippen LogP) is 8.50. The van der Waals surface area contributed by atoms with Gasteiger partial charge in [0.25, 0.3) is 0 Å². The number of amides is 1. The lowest BCUT2D eigenvalue weighted by Crippen LogP contribution is -2.44. The highest BCUT2D eigenvalue weighted by Gasteiger charge is 2.19. The molecule has 3 aromatic rings. The molecule has 2 aliphatic rings. The Bertz CT molecular complexity index is 1490. The van der Waals surface area contributed by atoms with Crippen molar-refractivity contribution in [3.63, 3.8) is 0 Å². The number of carbonyl (C=O) groups excluding carboxylic acids is 1. The summed E-state index contributed by atoms with van der Waals surface area (Å²) in [6.07, 6.45) is 11.6. The quantitative estimate of drug-likeness (QED) is 0.231. The Balaban J connectivity index is 1.20. The molecule has 0 aromatic heterocycles. The van der Waals surface area contributed by atoms with E-state index in [-0.39, 0.29) is 5.91 Å². The summed E-state index contributed by atoms with van der Waals surface area (Å²) in [5.41, 5.74) is 9.97. The molecule has 0 bridgehead atoms. The van der Waals surface area contributed by atoms with E-state index in [0.717, 1.165) is 51.2 Å². The van der Waals surface area contributed by atoms with Gasteiger partial charge in [-0.25, -0.2) is 0 Å². The van der Waals surface area contributed by atoms with Gasteiger partial charge in [0, 0.05) is 39.1 Å². The van der Waals surface area contributed by atoms with Crippen LogP contribution in [0, 0.1) is 20.8 Å². The van der Waals surface area contributed by atoms with Gasteiger partial charge in [0.2, 0.25) is 5.91 Å². The first-order chi connectivity index (χ1) is 21.8. The minimum Gasteiger partial charge on any atom is -0.487 e. The van der Waals surface area contributed by atoms with Crippen molar-refractivity contribution in [2.75, 3.05) is 32.7 Å². The van der Waals surface area contributed by atoms with E-state index in [2.05, 4.69) is 96.6 Å². The molecule has 45 heavy (non-hydrogen) atoms. The average molecular weight is 628 g/mol. The summed E-state index contributed by atoms with van der Waals surface area (Å²) in [7, 11) is 0. The van der Waals surface area contributed by atoms with Gasteiger partial charge in [-0.1, -0.05) is 66.6 Å². The average Bonchev–Trinajstić information content (AvgIpc) is 3.03. The molecule has 2 aliphatic heterocycles. The minimum absolute atomic E-state index is 0.0771.